The zero-order valence-electron chi connectivity index (χ0n) is 58.9. The SMILES string of the molecule is Cc1cc2c(cc1N1c3cc4c(cc3B3c5c(cc6c(oc7ccccc76)c51)-c1cc(N(c5ccc(C(C)(C)C)cc5)c5ccc(C(C)(C)C)cc5)ccc1N3c1ccc3c(c1)C(C)(C)CCC3(C)C)sc1cc3c(cc14)C(C)(C)CCC3(C)C)C(C)(C)CCC2(C)C. The highest BCUT2D eigenvalue weighted by molar-refractivity contribution is 7.26. The predicted molar refractivity (Wildman–Crippen MR) is 403 cm³/mol. The van der Waals surface area contributed by atoms with E-state index in [9.17, 15) is 0 Å². The quantitative estimate of drug-likeness (QED) is 0.160. The Kier molecular flexibility index (Phi) is 12.9. The second kappa shape index (κ2) is 19.8. The fourth-order valence-electron chi connectivity index (χ4n) is 17.5. The molecule has 0 atom stereocenters. The number of anilines is 8. The monoisotopic (exact) mass is 1240 g/mol. The Labute approximate surface area is 558 Å². The molecule has 93 heavy (non-hydrogen) atoms. The molecule has 4 heterocycles. The third-order valence-corrected chi connectivity index (χ3v) is 25.0. The molecule has 0 fully saturated rings. The van der Waals surface area contributed by atoms with Gasteiger partial charge in [0.15, 0.2) is 5.58 Å². The number of fused-ring (bicyclic) bond motifs is 14. The molecule has 9 aromatic carbocycles. The van der Waals surface area contributed by atoms with Gasteiger partial charge >= 0.3 is 6.85 Å². The molecule has 0 spiro atoms. The highest BCUT2D eigenvalue weighted by atomic mass is 32.1. The van der Waals surface area contributed by atoms with Crippen LogP contribution in [0.4, 0.5) is 45.5 Å². The van der Waals surface area contributed by atoms with Gasteiger partial charge < -0.3 is 19.0 Å². The number of furan rings is 1. The van der Waals surface area contributed by atoms with Gasteiger partial charge in [-0.1, -0.05) is 179 Å². The van der Waals surface area contributed by atoms with E-state index in [-0.39, 0.29) is 50.2 Å². The molecule has 0 amide bonds. The van der Waals surface area contributed by atoms with Crippen molar-refractivity contribution in [1.82, 2.24) is 0 Å². The van der Waals surface area contributed by atoms with Crippen molar-refractivity contribution in [2.45, 2.75) is 213 Å². The molecule has 0 radical (unpaired) electrons. The van der Waals surface area contributed by atoms with Crippen LogP contribution in [0.3, 0.4) is 0 Å². The van der Waals surface area contributed by atoms with Crippen LogP contribution in [0.15, 0.2) is 156 Å². The van der Waals surface area contributed by atoms with E-state index in [4.69, 9.17) is 4.42 Å². The van der Waals surface area contributed by atoms with Gasteiger partial charge in [0.1, 0.15) is 5.58 Å². The molecule has 472 valence electrons. The molecule has 0 N–H and O–H groups in total. The van der Waals surface area contributed by atoms with Crippen molar-refractivity contribution >= 4 is 117 Å². The number of para-hydroxylation sites is 1. The van der Waals surface area contributed by atoms with E-state index in [1.54, 1.807) is 0 Å². The maximum absolute atomic E-state index is 7.60. The van der Waals surface area contributed by atoms with E-state index in [2.05, 4.69) is 298 Å². The Bertz CT molecular complexity index is 4910. The Morgan fingerprint density at radius 2 is 0.935 bits per heavy atom. The molecule has 0 saturated heterocycles. The van der Waals surface area contributed by atoms with Crippen LogP contribution < -0.4 is 25.5 Å². The average Bonchev–Trinajstić information content (AvgIpc) is 1.64. The van der Waals surface area contributed by atoms with Crippen LogP contribution >= 0.6 is 11.3 Å². The summed E-state index contributed by atoms with van der Waals surface area (Å²) in [5, 5.41) is 4.96. The van der Waals surface area contributed by atoms with Crippen molar-refractivity contribution < 1.29 is 4.42 Å². The van der Waals surface area contributed by atoms with Crippen molar-refractivity contribution in [2.24, 2.45) is 0 Å². The molecule has 0 unspecified atom stereocenters. The topological polar surface area (TPSA) is 22.9 Å². The zero-order valence-corrected chi connectivity index (χ0v) is 59.7. The number of benzene rings is 9. The van der Waals surface area contributed by atoms with E-state index in [1.807, 2.05) is 11.3 Å². The summed E-state index contributed by atoms with van der Waals surface area (Å²) in [6.45, 7) is 45.7. The smallest absolute Gasteiger partial charge is 0.333 e. The fourth-order valence-corrected chi connectivity index (χ4v) is 18.7. The van der Waals surface area contributed by atoms with Gasteiger partial charge in [-0.15, -0.1) is 11.3 Å². The van der Waals surface area contributed by atoms with Crippen LogP contribution in [0.2, 0.25) is 0 Å². The minimum Gasteiger partial charge on any atom is -0.454 e. The van der Waals surface area contributed by atoms with Crippen LogP contribution in [0.25, 0.3) is 53.2 Å². The van der Waals surface area contributed by atoms with Crippen molar-refractivity contribution in [1.29, 1.82) is 0 Å². The summed E-state index contributed by atoms with van der Waals surface area (Å²) in [5.41, 5.74) is 29.3. The highest BCUT2D eigenvalue weighted by Crippen LogP contribution is 2.58. The average molecular weight is 1240 g/mol. The van der Waals surface area contributed by atoms with Crippen LogP contribution in [0.1, 0.15) is 213 Å². The summed E-state index contributed by atoms with van der Waals surface area (Å²) >= 11 is 1.99. The lowest BCUT2D eigenvalue weighted by Gasteiger charge is -2.48. The van der Waals surface area contributed by atoms with Crippen LogP contribution in [0, 0.1) is 6.92 Å². The second-order valence-corrected chi connectivity index (χ2v) is 36.1. The maximum Gasteiger partial charge on any atom is 0.333 e. The van der Waals surface area contributed by atoms with Crippen LogP contribution in [-0.4, -0.2) is 6.85 Å². The first-order valence-corrected chi connectivity index (χ1v) is 35.6. The van der Waals surface area contributed by atoms with Gasteiger partial charge in [0.2, 0.25) is 0 Å². The van der Waals surface area contributed by atoms with Crippen molar-refractivity contribution in [3.63, 3.8) is 0 Å². The normalized spacial score (nSPS) is 18.7. The number of hydrogen-bond donors (Lipinski definition) is 0. The number of rotatable bonds is 5. The summed E-state index contributed by atoms with van der Waals surface area (Å²) in [4.78, 5) is 8.00. The third kappa shape index (κ3) is 9.16. The first kappa shape index (κ1) is 60.4. The van der Waals surface area contributed by atoms with E-state index in [0.717, 1.165) is 70.4 Å². The number of aryl methyl sites for hydroxylation is 1. The second-order valence-electron chi connectivity index (χ2n) is 35.0. The molecule has 5 aliphatic rings. The third-order valence-electron chi connectivity index (χ3n) is 23.9. The molecule has 2 aliphatic heterocycles. The van der Waals surface area contributed by atoms with Crippen molar-refractivity contribution in [3.8, 4) is 11.1 Å². The van der Waals surface area contributed by atoms with Crippen LogP contribution in [0.5, 0.6) is 0 Å². The molecule has 11 aromatic rings. The maximum atomic E-state index is 7.60. The predicted octanol–water partition coefficient (Wildman–Crippen LogP) is 24.1. The Hall–Kier alpha value is -7.54. The minimum atomic E-state index is -0.241. The van der Waals surface area contributed by atoms with Gasteiger partial charge in [-0.25, -0.2) is 0 Å². The number of hydrogen-bond acceptors (Lipinski definition) is 5. The molecule has 4 nitrogen and oxygen atoms in total. The van der Waals surface area contributed by atoms with Gasteiger partial charge in [0.05, 0.1) is 5.69 Å². The van der Waals surface area contributed by atoms with Crippen LogP contribution in [-0.2, 0) is 43.3 Å². The van der Waals surface area contributed by atoms with Gasteiger partial charge in [0.25, 0.3) is 0 Å². The minimum absolute atomic E-state index is 0.00766. The van der Waals surface area contributed by atoms with E-state index >= 15 is 0 Å². The first-order valence-electron chi connectivity index (χ1n) is 34.8. The molecular formula is C87H94BN3OS. The molecule has 3 aliphatic carbocycles. The summed E-state index contributed by atoms with van der Waals surface area (Å²) in [6, 6.07) is 60.8. The van der Waals surface area contributed by atoms with Gasteiger partial charge in [-0.3, -0.25) is 0 Å². The molecule has 6 heteroatoms. The Balaban J connectivity index is 1.05. The standard InChI is InChI=1S/C87H94BN3OS/c1-51-42-65-68(86(16,17)40-38-83(65,10)11)48-72(51)90-73-47-61-60-46-67-69(87(18,19)41-39-85(67,14)15)49-75(60)93-76(61)50-70(73)88-77-62(45-63-58-22-20-21-23-74(58)92-79(63)78(77)90)59-43-56(33-35-71(59)91(88)57-32-34-64-66(44-57)84(12,13)37-36-82(64,8)9)89(54-28-24-52(25-29-54)80(2,3)4)55-30-26-53(27-31-55)81(5,6)7/h20-35,42-50H,36-41H2,1-19H3. The molecule has 0 saturated carbocycles. The van der Waals surface area contributed by atoms with Gasteiger partial charge in [-0.05, 0) is 252 Å². The fraction of sp³-hybridized carbons (Fsp3) is 0.379. The number of thiophene rings is 1. The largest absolute Gasteiger partial charge is 0.454 e. The number of nitrogens with zero attached hydrogens (tertiary/aromatic N) is 3. The van der Waals surface area contributed by atoms with Gasteiger partial charge in [0, 0.05) is 76.3 Å². The van der Waals surface area contributed by atoms with Crippen molar-refractivity contribution in [2.75, 3.05) is 14.6 Å². The molecule has 2 aromatic heterocycles. The summed E-state index contributed by atoms with van der Waals surface area (Å²) < 4.78 is 10.3. The molecule has 0 bridgehead atoms. The van der Waals surface area contributed by atoms with E-state index in [0.29, 0.717) is 0 Å². The Morgan fingerprint density at radius 1 is 0.430 bits per heavy atom. The van der Waals surface area contributed by atoms with Gasteiger partial charge in [-0.2, -0.15) is 0 Å². The summed E-state index contributed by atoms with van der Waals surface area (Å²) in [5.74, 6) is 0. The van der Waals surface area contributed by atoms with Crippen molar-refractivity contribution in [3.05, 3.63) is 202 Å². The summed E-state index contributed by atoms with van der Waals surface area (Å²) in [6.07, 6.45) is 6.93. The highest BCUT2D eigenvalue weighted by Gasteiger charge is 2.50. The zero-order chi connectivity index (χ0) is 65.4. The molecular weight excluding hydrogens is 1150 g/mol. The van der Waals surface area contributed by atoms with E-state index < -0.39 is 0 Å². The lowest BCUT2D eigenvalue weighted by Crippen LogP contribution is -2.61. The lowest BCUT2D eigenvalue weighted by molar-refractivity contribution is 0.332. The van der Waals surface area contributed by atoms with E-state index in [1.165, 1.54) is 128 Å². The lowest BCUT2D eigenvalue weighted by atomic mass is 9.43. The summed E-state index contributed by atoms with van der Waals surface area (Å²) in [7, 11) is 0. The first-order chi connectivity index (χ1) is 43.7. The Morgan fingerprint density at radius 3 is 1.53 bits per heavy atom. The molecule has 16 rings (SSSR count).